The predicted molar refractivity (Wildman–Crippen MR) is 148 cm³/mol. The van der Waals surface area contributed by atoms with Crippen LogP contribution in [0, 0.1) is 26.1 Å². The summed E-state index contributed by atoms with van der Waals surface area (Å²) in [5, 5.41) is 27.4. The van der Waals surface area contributed by atoms with E-state index < -0.39 is 26.8 Å². The quantitative estimate of drug-likeness (QED) is 0.294. The molecule has 0 N–H and O–H groups in total. The number of nitro benzene ring substituents is 2. The molecule has 1 aromatic heterocycles. The Labute approximate surface area is 227 Å². The number of nitro groups is 2. The van der Waals surface area contributed by atoms with Crippen LogP contribution in [0.2, 0.25) is 0 Å². The summed E-state index contributed by atoms with van der Waals surface area (Å²) in [5.41, 5.74) is 0.573. The predicted octanol–water partition coefficient (Wildman–Crippen LogP) is 4.36. The molecule has 2 heterocycles. The molecule has 5 rings (SSSR count). The fourth-order valence-electron chi connectivity index (χ4n) is 5.05. The number of hydrogen-bond donors (Lipinski definition) is 0. The van der Waals surface area contributed by atoms with Gasteiger partial charge in [-0.05, 0) is 37.2 Å². The molecule has 204 valence electrons. The van der Waals surface area contributed by atoms with Crippen LogP contribution in [0.25, 0.3) is 10.1 Å². The van der Waals surface area contributed by atoms with Crippen molar-refractivity contribution in [3.05, 3.63) is 78.6 Å². The van der Waals surface area contributed by atoms with Gasteiger partial charge in [0.1, 0.15) is 11.3 Å². The van der Waals surface area contributed by atoms with Gasteiger partial charge in [-0.25, -0.2) is 0 Å². The maximum atomic E-state index is 12.7. The molecule has 13 heteroatoms. The summed E-state index contributed by atoms with van der Waals surface area (Å²) >= 11 is 1.03. The van der Waals surface area contributed by atoms with Crippen molar-refractivity contribution in [2.45, 2.75) is 32.3 Å². The van der Waals surface area contributed by atoms with Crippen LogP contribution in [0.4, 0.5) is 16.5 Å². The summed E-state index contributed by atoms with van der Waals surface area (Å²) in [6.45, 7) is 4.33. The van der Waals surface area contributed by atoms with Gasteiger partial charge in [-0.3, -0.25) is 29.9 Å². The van der Waals surface area contributed by atoms with Gasteiger partial charge in [0.05, 0.1) is 27.0 Å². The van der Waals surface area contributed by atoms with E-state index in [1.54, 1.807) is 0 Å². The number of oxime groups is 1. The van der Waals surface area contributed by atoms with Gasteiger partial charge < -0.3 is 9.74 Å². The van der Waals surface area contributed by atoms with Gasteiger partial charge in [-0.1, -0.05) is 46.8 Å². The van der Waals surface area contributed by atoms with Crippen LogP contribution >= 0.6 is 11.3 Å². The highest BCUT2D eigenvalue weighted by Crippen LogP contribution is 2.35. The van der Waals surface area contributed by atoms with Gasteiger partial charge >= 0.3 is 0 Å². The first-order valence-corrected chi connectivity index (χ1v) is 13.7. The second-order valence-corrected chi connectivity index (χ2v) is 10.8. The highest BCUT2D eigenvalue weighted by Gasteiger charge is 2.27. The monoisotopic (exact) mass is 552 g/mol. The molecule has 1 aliphatic heterocycles. The zero-order valence-corrected chi connectivity index (χ0v) is 22.0. The molecule has 0 bridgehead atoms. The number of piperazine rings is 1. The summed E-state index contributed by atoms with van der Waals surface area (Å²) < 4.78 is 0.107. The lowest BCUT2D eigenvalue weighted by atomic mass is 9.87. The summed E-state index contributed by atoms with van der Waals surface area (Å²) in [6, 6.07) is 11.9. The lowest BCUT2D eigenvalue weighted by Crippen LogP contribution is -2.48. The van der Waals surface area contributed by atoms with E-state index in [1.165, 1.54) is 0 Å². The number of anilines is 1. The molecule has 0 atom stereocenters. The number of hydrogen-bond acceptors (Lipinski definition) is 11. The maximum absolute atomic E-state index is 12.7. The van der Waals surface area contributed by atoms with E-state index >= 15 is 0 Å². The lowest BCUT2D eigenvalue weighted by Gasteiger charge is -2.37. The van der Waals surface area contributed by atoms with Crippen molar-refractivity contribution >= 4 is 43.6 Å². The molecular weight excluding hydrogens is 524 g/mol. The molecular formula is C26H28N6O6S. The smallest absolute Gasteiger partial charge is 0.294 e. The number of fused-ring (bicyclic) bond motifs is 1. The largest absolute Gasteiger partial charge is 0.391 e. The first-order valence-electron chi connectivity index (χ1n) is 12.8. The van der Waals surface area contributed by atoms with Crippen LogP contribution in [-0.2, 0) is 11.4 Å². The number of benzene rings is 2. The van der Waals surface area contributed by atoms with Crippen molar-refractivity contribution in [1.82, 2.24) is 9.88 Å². The third-order valence-electron chi connectivity index (χ3n) is 7.19. The van der Waals surface area contributed by atoms with Crippen LogP contribution in [0.15, 0.2) is 52.4 Å². The molecule has 0 unspecified atom stereocenters. The topological polar surface area (TPSA) is 144 Å². The summed E-state index contributed by atoms with van der Waals surface area (Å²) in [6.07, 6.45) is 4.01. The van der Waals surface area contributed by atoms with Gasteiger partial charge in [-0.15, -0.1) is 0 Å². The van der Waals surface area contributed by atoms with E-state index in [9.17, 15) is 25.0 Å². The molecule has 3 aromatic rings. The Morgan fingerprint density at radius 2 is 1.74 bits per heavy atom. The van der Waals surface area contributed by atoms with Crippen molar-refractivity contribution in [1.29, 1.82) is 0 Å². The third kappa shape index (κ3) is 6.37. The average Bonchev–Trinajstić information content (AvgIpc) is 2.94. The fourth-order valence-corrected chi connectivity index (χ4v) is 6.16. The Hall–Kier alpha value is -3.97. The Morgan fingerprint density at radius 1 is 1.03 bits per heavy atom. The highest BCUT2D eigenvalue weighted by atomic mass is 32.1. The minimum absolute atomic E-state index is 0.103. The van der Waals surface area contributed by atoms with E-state index in [1.807, 2.05) is 35.2 Å². The first kappa shape index (κ1) is 26.6. The van der Waals surface area contributed by atoms with E-state index in [4.69, 9.17) is 4.84 Å². The molecule has 0 radical (unpaired) electrons. The average molecular weight is 553 g/mol. The zero-order valence-electron chi connectivity index (χ0n) is 21.2. The molecule has 0 spiro atoms. The second-order valence-electron chi connectivity index (χ2n) is 9.80. The summed E-state index contributed by atoms with van der Waals surface area (Å²) in [4.78, 5) is 48.0. The summed E-state index contributed by atoms with van der Waals surface area (Å²) in [7, 11) is 0. The number of non-ortho nitro benzene ring substituents is 2. The number of nitrogens with zero attached hydrogens (tertiary/aromatic N) is 6. The molecule has 2 aliphatic rings. The second kappa shape index (κ2) is 11.8. The SMILES string of the molecule is O=c1nc(N2CCN(CC3CCC(=NOCc4ccccc4)CC3)CC2)sc2c([N+](=O)[O-])cc([N+](=O)[O-])cc12. The highest BCUT2D eigenvalue weighted by molar-refractivity contribution is 7.22. The Morgan fingerprint density at radius 3 is 2.41 bits per heavy atom. The fraction of sp³-hybridized carbons (Fsp3) is 0.423. The first-order chi connectivity index (χ1) is 18.9. The van der Waals surface area contributed by atoms with Gasteiger partial charge in [0.15, 0.2) is 5.13 Å². The van der Waals surface area contributed by atoms with E-state index in [2.05, 4.69) is 15.0 Å². The Kier molecular flexibility index (Phi) is 8.07. The van der Waals surface area contributed by atoms with Crippen LogP contribution in [0.5, 0.6) is 0 Å². The normalized spacial score (nSPS) is 18.2. The molecule has 12 nitrogen and oxygen atoms in total. The minimum atomic E-state index is -0.747. The molecule has 1 saturated heterocycles. The number of rotatable bonds is 8. The van der Waals surface area contributed by atoms with Crippen molar-refractivity contribution in [3.8, 4) is 0 Å². The Bertz CT molecular complexity index is 1440. The molecule has 39 heavy (non-hydrogen) atoms. The van der Waals surface area contributed by atoms with Crippen molar-refractivity contribution < 1.29 is 14.7 Å². The van der Waals surface area contributed by atoms with E-state index in [-0.39, 0.29) is 10.1 Å². The molecule has 1 aliphatic carbocycles. The van der Waals surface area contributed by atoms with E-state index in [0.717, 1.165) is 80.1 Å². The Balaban J connectivity index is 1.15. The van der Waals surface area contributed by atoms with Crippen molar-refractivity contribution in [3.63, 3.8) is 0 Å². The van der Waals surface area contributed by atoms with Crippen LogP contribution in [-0.4, -0.2) is 58.2 Å². The maximum Gasteiger partial charge on any atom is 0.294 e. The minimum Gasteiger partial charge on any atom is -0.391 e. The standard InChI is InChI=1S/C26H28N6O6S/c33-25-22-14-21(31(34)35)15-23(32(36)37)24(22)39-26(27-25)30-12-10-29(11-13-30)16-18-6-8-20(9-7-18)28-38-17-19-4-2-1-3-5-19/h1-5,14-15,18H,6-13,16-17H2. The van der Waals surface area contributed by atoms with Gasteiger partial charge in [-0.2, -0.15) is 4.98 Å². The number of aromatic nitrogens is 1. The van der Waals surface area contributed by atoms with Crippen LogP contribution in [0.1, 0.15) is 31.2 Å². The molecule has 0 amide bonds. The van der Waals surface area contributed by atoms with E-state index in [0.29, 0.717) is 30.7 Å². The van der Waals surface area contributed by atoms with Crippen molar-refractivity contribution in [2.75, 3.05) is 37.6 Å². The lowest BCUT2D eigenvalue weighted by molar-refractivity contribution is -0.392. The van der Waals surface area contributed by atoms with Crippen LogP contribution in [0.3, 0.4) is 0 Å². The van der Waals surface area contributed by atoms with Gasteiger partial charge in [0.25, 0.3) is 16.9 Å². The van der Waals surface area contributed by atoms with Crippen LogP contribution < -0.4 is 10.5 Å². The molecule has 2 aromatic carbocycles. The summed E-state index contributed by atoms with van der Waals surface area (Å²) in [5.74, 6) is 0.581. The zero-order chi connectivity index (χ0) is 27.4. The van der Waals surface area contributed by atoms with Gasteiger partial charge in [0, 0.05) is 38.8 Å². The molecule has 1 saturated carbocycles. The third-order valence-corrected chi connectivity index (χ3v) is 8.36. The molecule has 2 fully saturated rings. The van der Waals surface area contributed by atoms with Gasteiger partial charge in [0.2, 0.25) is 0 Å². The van der Waals surface area contributed by atoms with Crippen molar-refractivity contribution in [2.24, 2.45) is 11.1 Å².